The van der Waals surface area contributed by atoms with Crippen LogP contribution in [-0.2, 0) is 13.0 Å². The highest BCUT2D eigenvalue weighted by atomic mass is 35.5. The van der Waals surface area contributed by atoms with Gasteiger partial charge in [0.05, 0.1) is 7.11 Å². The van der Waals surface area contributed by atoms with E-state index in [0.717, 1.165) is 11.5 Å². The van der Waals surface area contributed by atoms with Crippen molar-refractivity contribution >= 4 is 12.4 Å². The number of nitrogens with zero attached hydrogens (tertiary/aromatic N) is 2. The number of rotatable bonds is 6. The van der Waals surface area contributed by atoms with E-state index in [1.807, 2.05) is 24.3 Å². The number of aromatic nitrogens is 2. The van der Waals surface area contributed by atoms with Gasteiger partial charge in [0, 0.05) is 13.0 Å². The van der Waals surface area contributed by atoms with Crippen molar-refractivity contribution < 1.29 is 14.0 Å². The van der Waals surface area contributed by atoms with Crippen molar-refractivity contribution in [2.75, 3.05) is 13.7 Å². The monoisotopic (exact) mass is 285 g/mol. The van der Waals surface area contributed by atoms with Crippen LogP contribution in [0.4, 0.5) is 0 Å². The Labute approximate surface area is 117 Å². The van der Waals surface area contributed by atoms with Gasteiger partial charge in [0.1, 0.15) is 11.5 Å². The van der Waals surface area contributed by atoms with Crippen molar-refractivity contribution in [1.29, 1.82) is 0 Å². The molecule has 0 aliphatic rings. The van der Waals surface area contributed by atoms with Crippen molar-refractivity contribution in [3.63, 3.8) is 0 Å². The highest BCUT2D eigenvalue weighted by Gasteiger charge is 2.06. The van der Waals surface area contributed by atoms with Crippen LogP contribution >= 0.6 is 12.4 Å². The van der Waals surface area contributed by atoms with E-state index in [1.54, 1.807) is 7.11 Å². The summed E-state index contributed by atoms with van der Waals surface area (Å²) in [7, 11) is 1.62. The molecule has 0 aliphatic heterocycles. The third kappa shape index (κ3) is 4.42. The Morgan fingerprint density at radius 2 is 1.89 bits per heavy atom. The van der Waals surface area contributed by atoms with Gasteiger partial charge in [-0.15, -0.1) is 12.4 Å². The predicted octanol–water partition coefficient (Wildman–Crippen LogP) is 1.58. The van der Waals surface area contributed by atoms with Crippen LogP contribution in [-0.4, -0.2) is 23.8 Å². The fraction of sp³-hybridized carbons (Fsp3) is 0.333. The molecule has 0 unspecified atom stereocenters. The van der Waals surface area contributed by atoms with Crippen LogP contribution < -0.4 is 15.2 Å². The molecule has 19 heavy (non-hydrogen) atoms. The lowest BCUT2D eigenvalue weighted by atomic mass is 10.3. The maximum atomic E-state index is 5.51. The van der Waals surface area contributed by atoms with E-state index in [0.29, 0.717) is 24.7 Å². The number of hydrogen-bond donors (Lipinski definition) is 1. The molecule has 1 aromatic heterocycles. The second-order valence-electron chi connectivity index (χ2n) is 3.61. The zero-order valence-corrected chi connectivity index (χ0v) is 11.4. The van der Waals surface area contributed by atoms with Crippen LogP contribution in [0.1, 0.15) is 11.7 Å². The molecule has 0 radical (unpaired) electrons. The molecule has 0 fully saturated rings. The largest absolute Gasteiger partial charge is 0.497 e. The lowest BCUT2D eigenvalue weighted by molar-refractivity contribution is 0.284. The van der Waals surface area contributed by atoms with E-state index in [9.17, 15) is 0 Å². The van der Waals surface area contributed by atoms with Gasteiger partial charge >= 0.3 is 0 Å². The Morgan fingerprint density at radius 1 is 1.21 bits per heavy atom. The molecule has 2 rings (SSSR count). The Bertz CT molecular complexity index is 487. The first-order chi connectivity index (χ1) is 8.81. The lowest BCUT2D eigenvalue weighted by Gasteiger charge is -2.04. The SMILES string of the molecule is COc1ccc(OCc2noc(CCN)n2)cc1.Cl. The summed E-state index contributed by atoms with van der Waals surface area (Å²) >= 11 is 0. The second-order valence-corrected chi connectivity index (χ2v) is 3.61. The minimum atomic E-state index is 0. The van der Waals surface area contributed by atoms with Crippen molar-refractivity contribution in [2.24, 2.45) is 5.73 Å². The zero-order chi connectivity index (χ0) is 12.8. The summed E-state index contributed by atoms with van der Waals surface area (Å²) in [6, 6.07) is 7.29. The topological polar surface area (TPSA) is 83.4 Å². The first-order valence-electron chi connectivity index (χ1n) is 5.60. The highest BCUT2D eigenvalue weighted by molar-refractivity contribution is 5.85. The number of methoxy groups -OCH3 is 1. The molecule has 0 amide bonds. The van der Waals surface area contributed by atoms with E-state index >= 15 is 0 Å². The van der Waals surface area contributed by atoms with Crippen LogP contribution in [0.15, 0.2) is 28.8 Å². The maximum Gasteiger partial charge on any atom is 0.228 e. The smallest absolute Gasteiger partial charge is 0.228 e. The van der Waals surface area contributed by atoms with Crippen molar-refractivity contribution in [2.45, 2.75) is 13.0 Å². The number of ether oxygens (including phenoxy) is 2. The van der Waals surface area contributed by atoms with Crippen LogP contribution in [0.2, 0.25) is 0 Å². The Balaban J connectivity index is 0.00000180. The van der Waals surface area contributed by atoms with Crippen LogP contribution in [0.5, 0.6) is 11.5 Å². The second kappa shape index (κ2) is 7.60. The Morgan fingerprint density at radius 3 is 2.53 bits per heavy atom. The van der Waals surface area contributed by atoms with Gasteiger partial charge in [0.25, 0.3) is 0 Å². The van der Waals surface area contributed by atoms with Crippen LogP contribution in [0.25, 0.3) is 0 Å². The summed E-state index contributed by atoms with van der Waals surface area (Å²) in [5.41, 5.74) is 5.39. The van der Waals surface area contributed by atoms with Gasteiger partial charge in [-0.25, -0.2) is 0 Å². The van der Waals surface area contributed by atoms with Crippen molar-refractivity contribution in [1.82, 2.24) is 10.1 Å². The molecule has 1 heterocycles. The third-order valence-electron chi connectivity index (χ3n) is 2.30. The first kappa shape index (κ1) is 15.3. The quantitative estimate of drug-likeness (QED) is 0.867. The fourth-order valence-electron chi connectivity index (χ4n) is 1.39. The first-order valence-corrected chi connectivity index (χ1v) is 5.60. The lowest BCUT2D eigenvalue weighted by Crippen LogP contribution is -2.03. The summed E-state index contributed by atoms with van der Waals surface area (Å²) in [5, 5.41) is 3.79. The molecule has 7 heteroatoms. The highest BCUT2D eigenvalue weighted by Crippen LogP contribution is 2.17. The summed E-state index contributed by atoms with van der Waals surface area (Å²) in [6.45, 7) is 0.751. The molecule has 0 bridgehead atoms. The van der Waals surface area contributed by atoms with Crippen molar-refractivity contribution in [3.8, 4) is 11.5 Å². The molecule has 0 aliphatic carbocycles. The minimum Gasteiger partial charge on any atom is -0.497 e. The number of benzene rings is 1. The zero-order valence-electron chi connectivity index (χ0n) is 10.5. The van der Waals surface area contributed by atoms with Crippen molar-refractivity contribution in [3.05, 3.63) is 36.0 Å². The van der Waals surface area contributed by atoms with Gasteiger partial charge < -0.3 is 19.7 Å². The third-order valence-corrected chi connectivity index (χ3v) is 2.30. The van der Waals surface area contributed by atoms with Crippen LogP contribution in [0.3, 0.4) is 0 Å². The normalized spacial score (nSPS) is 9.79. The molecule has 0 saturated heterocycles. The van der Waals surface area contributed by atoms with Gasteiger partial charge in [-0.3, -0.25) is 0 Å². The van der Waals surface area contributed by atoms with E-state index < -0.39 is 0 Å². The number of hydrogen-bond acceptors (Lipinski definition) is 6. The number of halogens is 1. The molecular weight excluding hydrogens is 270 g/mol. The molecule has 0 atom stereocenters. The average Bonchev–Trinajstić information content (AvgIpc) is 2.85. The Kier molecular flexibility index (Phi) is 6.11. The molecule has 0 saturated carbocycles. The fourth-order valence-corrected chi connectivity index (χ4v) is 1.39. The van der Waals surface area contributed by atoms with Gasteiger partial charge in [0.2, 0.25) is 11.7 Å². The van der Waals surface area contributed by atoms with Gasteiger partial charge in [-0.1, -0.05) is 5.16 Å². The van der Waals surface area contributed by atoms with Crippen LogP contribution in [0, 0.1) is 0 Å². The average molecular weight is 286 g/mol. The van der Waals surface area contributed by atoms with Gasteiger partial charge in [-0.2, -0.15) is 4.98 Å². The van der Waals surface area contributed by atoms with E-state index in [4.69, 9.17) is 19.7 Å². The molecule has 2 aromatic rings. The summed E-state index contributed by atoms with van der Waals surface area (Å²) in [5.74, 6) is 2.55. The molecule has 104 valence electrons. The van der Waals surface area contributed by atoms with E-state index in [-0.39, 0.29) is 19.0 Å². The van der Waals surface area contributed by atoms with E-state index in [1.165, 1.54) is 0 Å². The molecule has 0 spiro atoms. The molecule has 2 N–H and O–H groups in total. The molecule has 6 nitrogen and oxygen atoms in total. The summed E-state index contributed by atoms with van der Waals surface area (Å²) in [4.78, 5) is 4.14. The summed E-state index contributed by atoms with van der Waals surface area (Å²) < 4.78 is 15.6. The maximum absolute atomic E-state index is 5.51. The standard InChI is InChI=1S/C12H15N3O3.ClH/c1-16-9-2-4-10(5-3-9)17-8-11-14-12(6-7-13)18-15-11;/h2-5H,6-8,13H2,1H3;1H. The van der Waals surface area contributed by atoms with Gasteiger partial charge in [0.15, 0.2) is 6.61 Å². The van der Waals surface area contributed by atoms with E-state index in [2.05, 4.69) is 10.1 Å². The summed E-state index contributed by atoms with van der Waals surface area (Å²) in [6.07, 6.45) is 0.579. The number of nitrogens with two attached hydrogens (primary N) is 1. The van der Waals surface area contributed by atoms with Gasteiger partial charge in [-0.05, 0) is 24.3 Å². The minimum absolute atomic E-state index is 0. The predicted molar refractivity (Wildman–Crippen MR) is 71.6 cm³/mol. The Hall–Kier alpha value is -1.79. The molecule has 1 aromatic carbocycles. The molecular formula is C12H16ClN3O3.